The van der Waals surface area contributed by atoms with E-state index in [0.29, 0.717) is 0 Å². The Hall–Kier alpha value is -0.610. The maximum Gasteiger partial charge on any atom is 0.324 e. The lowest BCUT2D eigenvalue weighted by molar-refractivity contribution is -0.146. The van der Waals surface area contributed by atoms with Crippen molar-refractivity contribution in [2.45, 2.75) is 18.9 Å². The Morgan fingerprint density at radius 3 is 3.00 bits per heavy atom. The molecule has 0 aromatic heterocycles. The van der Waals surface area contributed by atoms with E-state index in [1.807, 2.05) is 12.1 Å². The van der Waals surface area contributed by atoms with Crippen LogP contribution in [0, 0.1) is 0 Å². The van der Waals surface area contributed by atoms with Gasteiger partial charge in [0.05, 0.1) is 7.11 Å². The molecule has 64 valence electrons. The van der Waals surface area contributed by atoms with Crippen molar-refractivity contribution in [3.63, 3.8) is 0 Å². The van der Waals surface area contributed by atoms with Gasteiger partial charge in [0.25, 0.3) is 0 Å². The van der Waals surface area contributed by atoms with Crippen LogP contribution in [0.15, 0.2) is 0 Å². The normalized spacial score (nSPS) is 25.5. The second-order valence-electron chi connectivity index (χ2n) is 2.60. The molecule has 1 fully saturated rings. The monoisotopic (exact) mass is 158 g/mol. The summed E-state index contributed by atoms with van der Waals surface area (Å²) in [5.41, 5.74) is 2.96. The van der Waals surface area contributed by atoms with Crippen LogP contribution < -0.4 is 5.43 Å². The minimum Gasteiger partial charge on any atom is -0.468 e. The van der Waals surface area contributed by atoms with Gasteiger partial charge in [0.1, 0.15) is 6.04 Å². The first-order chi connectivity index (χ1) is 5.29. The third-order valence-electron chi connectivity index (χ3n) is 2.01. The molecule has 0 spiro atoms. The van der Waals surface area contributed by atoms with Crippen molar-refractivity contribution in [2.75, 3.05) is 20.7 Å². The van der Waals surface area contributed by atoms with Crippen molar-refractivity contribution >= 4 is 5.97 Å². The number of nitrogens with zero attached hydrogens (tertiary/aromatic N) is 1. The van der Waals surface area contributed by atoms with Gasteiger partial charge in [-0.05, 0) is 19.9 Å². The van der Waals surface area contributed by atoms with Crippen molar-refractivity contribution in [1.29, 1.82) is 0 Å². The highest BCUT2D eigenvalue weighted by atomic mass is 16.5. The van der Waals surface area contributed by atoms with Crippen molar-refractivity contribution in [3.8, 4) is 0 Å². The lowest BCUT2D eigenvalue weighted by atomic mass is 10.2. The molecule has 4 nitrogen and oxygen atoms in total. The van der Waals surface area contributed by atoms with E-state index in [4.69, 9.17) is 0 Å². The van der Waals surface area contributed by atoms with Gasteiger partial charge in [-0.25, -0.2) is 5.01 Å². The molecule has 0 aromatic carbocycles. The molecule has 0 radical (unpaired) electrons. The largest absolute Gasteiger partial charge is 0.468 e. The fourth-order valence-electron chi connectivity index (χ4n) is 1.42. The predicted molar refractivity (Wildman–Crippen MR) is 40.8 cm³/mol. The third-order valence-corrected chi connectivity index (χ3v) is 2.01. The van der Waals surface area contributed by atoms with Crippen LogP contribution in [0.3, 0.4) is 0 Å². The Balaban J connectivity index is 2.49. The molecule has 0 aliphatic carbocycles. The van der Waals surface area contributed by atoms with E-state index in [1.54, 1.807) is 0 Å². The van der Waals surface area contributed by atoms with Gasteiger partial charge in [-0.3, -0.25) is 10.2 Å². The first kappa shape index (κ1) is 8.49. The number of ether oxygens (including phenoxy) is 1. The fourth-order valence-corrected chi connectivity index (χ4v) is 1.42. The summed E-state index contributed by atoms with van der Waals surface area (Å²) in [4.78, 5) is 11.1. The average Bonchev–Trinajstić information content (AvgIpc) is 2.50. The molecular formula is C7H14N2O2. The molecule has 1 heterocycles. The molecule has 11 heavy (non-hydrogen) atoms. The van der Waals surface area contributed by atoms with Gasteiger partial charge in [0, 0.05) is 6.54 Å². The molecule has 1 aliphatic heterocycles. The van der Waals surface area contributed by atoms with E-state index in [-0.39, 0.29) is 12.0 Å². The number of hydrazine groups is 1. The highest BCUT2D eigenvalue weighted by molar-refractivity contribution is 5.75. The van der Waals surface area contributed by atoms with Crippen molar-refractivity contribution in [1.82, 2.24) is 10.4 Å². The minimum absolute atomic E-state index is 0.0787. The number of methoxy groups -OCH3 is 1. The van der Waals surface area contributed by atoms with Crippen LogP contribution in [0.1, 0.15) is 12.8 Å². The standard InChI is InChI=1S/C7H14N2O2/c1-8-9-5-3-4-6(9)7(10)11-2/h6,8H,3-5H2,1-2H3/t6-/m0/s1. The third kappa shape index (κ3) is 1.70. The summed E-state index contributed by atoms with van der Waals surface area (Å²) >= 11 is 0. The molecule has 1 aliphatic rings. The fraction of sp³-hybridized carbons (Fsp3) is 0.857. The lowest BCUT2D eigenvalue weighted by Crippen LogP contribution is -2.43. The molecule has 0 aromatic rings. The molecule has 0 unspecified atom stereocenters. The molecule has 0 amide bonds. The maximum absolute atomic E-state index is 11.1. The highest BCUT2D eigenvalue weighted by Gasteiger charge is 2.30. The van der Waals surface area contributed by atoms with Crippen LogP contribution in [0.4, 0.5) is 0 Å². The summed E-state index contributed by atoms with van der Waals surface area (Å²) in [6.07, 6.45) is 1.95. The topological polar surface area (TPSA) is 41.6 Å². The number of hydrogen-bond acceptors (Lipinski definition) is 4. The van der Waals surface area contributed by atoms with Gasteiger partial charge in [0.2, 0.25) is 0 Å². The van der Waals surface area contributed by atoms with Crippen LogP contribution in [-0.4, -0.2) is 37.7 Å². The smallest absolute Gasteiger partial charge is 0.324 e. The van der Waals surface area contributed by atoms with Gasteiger partial charge in [-0.15, -0.1) is 0 Å². The zero-order valence-corrected chi connectivity index (χ0v) is 6.96. The predicted octanol–water partition coefficient (Wildman–Crippen LogP) is -0.242. The Labute approximate surface area is 66.5 Å². The SMILES string of the molecule is CNN1CCC[C@H]1C(=O)OC. The molecule has 4 heteroatoms. The Morgan fingerprint density at radius 2 is 2.45 bits per heavy atom. The van der Waals surface area contributed by atoms with Crippen molar-refractivity contribution in [3.05, 3.63) is 0 Å². The Morgan fingerprint density at radius 1 is 1.73 bits per heavy atom. The van der Waals surface area contributed by atoms with Gasteiger partial charge >= 0.3 is 5.97 Å². The van der Waals surface area contributed by atoms with E-state index in [1.165, 1.54) is 7.11 Å². The maximum atomic E-state index is 11.1. The number of carbonyl (C=O) groups is 1. The van der Waals surface area contributed by atoms with Gasteiger partial charge in [0.15, 0.2) is 0 Å². The number of esters is 1. The van der Waals surface area contributed by atoms with Crippen LogP contribution >= 0.6 is 0 Å². The number of rotatable bonds is 2. The molecular weight excluding hydrogens is 144 g/mol. The van der Waals surface area contributed by atoms with Gasteiger partial charge in [-0.1, -0.05) is 0 Å². The quantitative estimate of drug-likeness (QED) is 0.563. The first-order valence-corrected chi connectivity index (χ1v) is 3.81. The van der Waals surface area contributed by atoms with Crippen molar-refractivity contribution in [2.24, 2.45) is 0 Å². The van der Waals surface area contributed by atoms with Crippen LogP contribution in [0.5, 0.6) is 0 Å². The van der Waals surface area contributed by atoms with Crippen LogP contribution in [0.25, 0.3) is 0 Å². The molecule has 0 bridgehead atoms. The minimum atomic E-state index is -0.142. The van der Waals surface area contributed by atoms with E-state index in [2.05, 4.69) is 10.2 Å². The van der Waals surface area contributed by atoms with Crippen LogP contribution in [-0.2, 0) is 9.53 Å². The molecule has 1 rings (SSSR count). The summed E-state index contributed by atoms with van der Waals surface area (Å²) in [6, 6.07) is -0.0787. The second-order valence-corrected chi connectivity index (χ2v) is 2.60. The molecule has 1 atom stereocenters. The summed E-state index contributed by atoms with van der Waals surface area (Å²) < 4.78 is 4.65. The summed E-state index contributed by atoms with van der Waals surface area (Å²) in [7, 11) is 3.25. The first-order valence-electron chi connectivity index (χ1n) is 3.81. The molecule has 0 saturated carbocycles. The van der Waals surface area contributed by atoms with Gasteiger partial charge in [-0.2, -0.15) is 0 Å². The molecule has 1 saturated heterocycles. The van der Waals surface area contributed by atoms with E-state index in [0.717, 1.165) is 19.4 Å². The van der Waals surface area contributed by atoms with E-state index < -0.39 is 0 Å². The second kappa shape index (κ2) is 3.69. The summed E-state index contributed by atoms with van der Waals surface area (Å²) in [5, 5.41) is 1.91. The zero-order valence-electron chi connectivity index (χ0n) is 6.96. The lowest BCUT2D eigenvalue weighted by Gasteiger charge is -2.20. The van der Waals surface area contributed by atoms with E-state index in [9.17, 15) is 4.79 Å². The summed E-state index contributed by atoms with van der Waals surface area (Å²) in [6.45, 7) is 0.927. The Bertz CT molecular complexity index is 149. The Kier molecular flexibility index (Phi) is 2.84. The zero-order chi connectivity index (χ0) is 8.27. The highest BCUT2D eigenvalue weighted by Crippen LogP contribution is 2.14. The van der Waals surface area contributed by atoms with E-state index >= 15 is 0 Å². The number of carbonyl (C=O) groups excluding carboxylic acids is 1. The van der Waals surface area contributed by atoms with Gasteiger partial charge < -0.3 is 4.74 Å². The molecule has 1 N–H and O–H groups in total. The van der Waals surface area contributed by atoms with Crippen molar-refractivity contribution < 1.29 is 9.53 Å². The number of nitrogens with one attached hydrogen (secondary N) is 1. The van der Waals surface area contributed by atoms with Crippen LogP contribution in [0.2, 0.25) is 0 Å². The number of hydrogen-bond donors (Lipinski definition) is 1. The average molecular weight is 158 g/mol. The summed E-state index contributed by atoms with van der Waals surface area (Å²) in [5.74, 6) is -0.142.